The fourth-order valence-electron chi connectivity index (χ4n) is 2.67. The average molecular weight is 285 g/mol. The number of hydrogen-bond donors (Lipinski definition) is 1. The second kappa shape index (κ2) is 8.60. The van der Waals surface area contributed by atoms with Gasteiger partial charge >= 0.3 is 0 Å². The summed E-state index contributed by atoms with van der Waals surface area (Å²) >= 11 is 0. The normalized spacial score (nSPS) is 18.1. The van der Waals surface area contributed by atoms with E-state index in [1.165, 1.54) is 0 Å². The van der Waals surface area contributed by atoms with Crippen LogP contribution in [0.5, 0.6) is 0 Å². The van der Waals surface area contributed by atoms with Crippen molar-refractivity contribution in [2.24, 2.45) is 0 Å². The van der Waals surface area contributed by atoms with Crippen LogP contribution in [0.3, 0.4) is 0 Å². The monoisotopic (exact) mass is 285 g/mol. The summed E-state index contributed by atoms with van der Waals surface area (Å²) in [5, 5.41) is 3.35. The van der Waals surface area contributed by atoms with Gasteiger partial charge < -0.3 is 15.0 Å². The molecule has 1 atom stereocenters. The Labute approximate surface area is 123 Å². The van der Waals surface area contributed by atoms with Crippen LogP contribution in [-0.2, 0) is 9.53 Å². The number of nitrogens with one attached hydrogen (secondary N) is 1. The molecule has 0 aromatic carbocycles. The van der Waals surface area contributed by atoms with Crippen molar-refractivity contribution >= 4 is 5.91 Å². The molecule has 1 amide bonds. The summed E-state index contributed by atoms with van der Waals surface area (Å²) in [5.41, 5.74) is 0. The van der Waals surface area contributed by atoms with E-state index >= 15 is 0 Å². The third kappa shape index (κ3) is 5.38. The Kier molecular flexibility index (Phi) is 7.48. The first-order valence-electron chi connectivity index (χ1n) is 7.79. The van der Waals surface area contributed by atoms with Gasteiger partial charge in [-0.3, -0.25) is 9.69 Å². The average Bonchev–Trinajstić information content (AvgIpc) is 2.42. The molecule has 1 aliphatic rings. The quantitative estimate of drug-likeness (QED) is 0.756. The van der Waals surface area contributed by atoms with Gasteiger partial charge in [-0.05, 0) is 34.6 Å². The smallest absolute Gasteiger partial charge is 0.239 e. The Morgan fingerprint density at radius 3 is 2.20 bits per heavy atom. The lowest BCUT2D eigenvalue weighted by molar-refractivity contribution is -0.137. The first kappa shape index (κ1) is 17.4. The predicted octanol–water partition coefficient (Wildman–Crippen LogP) is 0.942. The first-order chi connectivity index (χ1) is 9.43. The summed E-state index contributed by atoms with van der Waals surface area (Å²) in [6.07, 6.45) is 0. The molecule has 0 radical (unpaired) electrons. The lowest BCUT2D eigenvalue weighted by Gasteiger charge is -2.32. The molecular weight excluding hydrogens is 254 g/mol. The molecule has 1 unspecified atom stereocenters. The second-order valence-corrected chi connectivity index (χ2v) is 6.04. The minimum atomic E-state index is -0.116. The van der Waals surface area contributed by atoms with E-state index in [1.807, 2.05) is 11.8 Å². The van der Waals surface area contributed by atoms with E-state index in [9.17, 15) is 4.79 Å². The summed E-state index contributed by atoms with van der Waals surface area (Å²) in [6, 6.07) is 0.943. The van der Waals surface area contributed by atoms with Gasteiger partial charge in [0.15, 0.2) is 0 Å². The summed E-state index contributed by atoms with van der Waals surface area (Å²) in [7, 11) is 0. The van der Waals surface area contributed by atoms with Crippen molar-refractivity contribution in [1.29, 1.82) is 0 Å². The van der Waals surface area contributed by atoms with Crippen molar-refractivity contribution < 1.29 is 9.53 Å². The van der Waals surface area contributed by atoms with Crippen molar-refractivity contribution in [3.05, 3.63) is 0 Å². The number of carbonyl (C=O) groups is 1. The highest BCUT2D eigenvalue weighted by Crippen LogP contribution is 2.04. The van der Waals surface area contributed by atoms with Crippen LogP contribution in [0.25, 0.3) is 0 Å². The highest BCUT2D eigenvalue weighted by molar-refractivity contribution is 5.81. The zero-order chi connectivity index (χ0) is 15.1. The Morgan fingerprint density at radius 1 is 1.15 bits per heavy atom. The topological polar surface area (TPSA) is 44.8 Å². The number of hydrogen-bond acceptors (Lipinski definition) is 4. The summed E-state index contributed by atoms with van der Waals surface area (Å²) in [5.74, 6) is 0.189. The molecule has 118 valence electrons. The predicted molar refractivity (Wildman–Crippen MR) is 81.8 cm³/mol. The molecule has 5 heteroatoms. The number of carbonyl (C=O) groups excluding carboxylic acids is 1. The Morgan fingerprint density at radius 2 is 1.70 bits per heavy atom. The minimum Gasteiger partial charge on any atom is -0.378 e. The van der Waals surface area contributed by atoms with Gasteiger partial charge in [-0.1, -0.05) is 0 Å². The van der Waals surface area contributed by atoms with Crippen molar-refractivity contribution in [1.82, 2.24) is 15.1 Å². The summed E-state index contributed by atoms with van der Waals surface area (Å²) in [6.45, 7) is 15.4. The molecule has 1 heterocycles. The van der Waals surface area contributed by atoms with Crippen molar-refractivity contribution in [3.63, 3.8) is 0 Å². The molecule has 0 aromatic rings. The van der Waals surface area contributed by atoms with E-state index in [4.69, 9.17) is 4.74 Å². The van der Waals surface area contributed by atoms with Crippen LogP contribution in [0, 0.1) is 0 Å². The second-order valence-electron chi connectivity index (χ2n) is 6.04. The van der Waals surface area contributed by atoms with E-state index in [2.05, 4.69) is 37.9 Å². The maximum atomic E-state index is 12.2. The highest BCUT2D eigenvalue weighted by Gasteiger charge is 2.22. The van der Waals surface area contributed by atoms with E-state index in [0.717, 1.165) is 26.2 Å². The van der Waals surface area contributed by atoms with Crippen molar-refractivity contribution in [2.45, 2.75) is 52.7 Å². The van der Waals surface area contributed by atoms with Gasteiger partial charge in [-0.25, -0.2) is 0 Å². The molecule has 0 bridgehead atoms. The van der Waals surface area contributed by atoms with Crippen LogP contribution < -0.4 is 5.32 Å². The number of morpholine rings is 1. The number of nitrogens with zero attached hydrogens (tertiary/aromatic N) is 2. The number of ether oxygens (including phenoxy) is 1. The maximum Gasteiger partial charge on any atom is 0.239 e. The lowest BCUT2D eigenvalue weighted by atomic mass is 10.2. The van der Waals surface area contributed by atoms with Crippen LogP contribution in [0.1, 0.15) is 34.6 Å². The fourth-order valence-corrected chi connectivity index (χ4v) is 2.67. The van der Waals surface area contributed by atoms with Crippen LogP contribution in [0.2, 0.25) is 0 Å². The molecule has 1 fully saturated rings. The molecule has 0 aromatic heterocycles. The van der Waals surface area contributed by atoms with E-state index in [1.54, 1.807) is 0 Å². The zero-order valence-corrected chi connectivity index (χ0v) is 13.7. The number of amides is 1. The van der Waals surface area contributed by atoms with Crippen LogP contribution in [0.4, 0.5) is 0 Å². The molecule has 1 N–H and O–H groups in total. The standard InChI is InChI=1S/C15H31N3O2/c1-12(2)18(13(3)4)7-6-16-14(5)15(19)17-8-10-20-11-9-17/h12-14,16H,6-11H2,1-5H3. The Balaban J connectivity index is 2.31. The van der Waals surface area contributed by atoms with Crippen LogP contribution in [-0.4, -0.2) is 73.2 Å². The van der Waals surface area contributed by atoms with E-state index in [-0.39, 0.29) is 11.9 Å². The Hall–Kier alpha value is -0.650. The first-order valence-corrected chi connectivity index (χ1v) is 7.79. The molecule has 0 aliphatic carbocycles. The van der Waals surface area contributed by atoms with Crippen molar-refractivity contribution in [3.8, 4) is 0 Å². The molecular formula is C15H31N3O2. The minimum absolute atomic E-state index is 0.116. The molecule has 1 saturated heterocycles. The van der Waals surface area contributed by atoms with E-state index < -0.39 is 0 Å². The molecule has 1 aliphatic heterocycles. The zero-order valence-electron chi connectivity index (χ0n) is 13.7. The molecule has 5 nitrogen and oxygen atoms in total. The van der Waals surface area contributed by atoms with Crippen molar-refractivity contribution in [2.75, 3.05) is 39.4 Å². The SMILES string of the molecule is CC(NCCN(C(C)C)C(C)C)C(=O)N1CCOCC1. The summed E-state index contributed by atoms with van der Waals surface area (Å²) < 4.78 is 5.27. The van der Waals surface area contributed by atoms with Gasteiger partial charge in [-0.2, -0.15) is 0 Å². The third-order valence-electron chi connectivity index (χ3n) is 3.84. The Bertz CT molecular complexity index is 281. The number of rotatable bonds is 7. The summed E-state index contributed by atoms with van der Waals surface area (Å²) in [4.78, 5) is 16.6. The van der Waals surface area contributed by atoms with Gasteiger partial charge in [0.1, 0.15) is 0 Å². The lowest BCUT2D eigenvalue weighted by Crippen LogP contribution is -2.51. The van der Waals surface area contributed by atoms with Crippen LogP contribution >= 0.6 is 0 Å². The van der Waals surface area contributed by atoms with Crippen LogP contribution in [0.15, 0.2) is 0 Å². The maximum absolute atomic E-state index is 12.2. The van der Waals surface area contributed by atoms with Gasteiger partial charge in [0.05, 0.1) is 19.3 Å². The van der Waals surface area contributed by atoms with Gasteiger partial charge in [0.25, 0.3) is 0 Å². The van der Waals surface area contributed by atoms with Gasteiger partial charge in [0, 0.05) is 38.3 Å². The molecule has 20 heavy (non-hydrogen) atoms. The highest BCUT2D eigenvalue weighted by atomic mass is 16.5. The molecule has 1 rings (SSSR count). The molecule has 0 spiro atoms. The fraction of sp³-hybridized carbons (Fsp3) is 0.933. The largest absolute Gasteiger partial charge is 0.378 e. The molecule has 0 saturated carbocycles. The van der Waals surface area contributed by atoms with E-state index in [0.29, 0.717) is 25.3 Å². The third-order valence-corrected chi connectivity index (χ3v) is 3.84. The van der Waals surface area contributed by atoms with Gasteiger partial charge in [0.2, 0.25) is 5.91 Å². The van der Waals surface area contributed by atoms with Gasteiger partial charge in [-0.15, -0.1) is 0 Å².